The lowest BCUT2D eigenvalue weighted by Crippen LogP contribution is -2.47. The van der Waals surface area contributed by atoms with E-state index in [1.807, 2.05) is 20.0 Å². The first-order chi connectivity index (χ1) is 10.5. The summed E-state index contributed by atoms with van der Waals surface area (Å²) in [6.45, 7) is 10.2. The molecule has 1 aromatic heterocycles. The third kappa shape index (κ3) is 6.75. The molecule has 0 aliphatic carbocycles. The first-order valence-electron chi connectivity index (χ1n) is 8.18. The van der Waals surface area contributed by atoms with Crippen molar-refractivity contribution in [2.24, 2.45) is 4.99 Å². The first kappa shape index (κ1) is 18.9. The summed E-state index contributed by atoms with van der Waals surface area (Å²) < 4.78 is 0. The van der Waals surface area contributed by atoms with Crippen molar-refractivity contribution in [1.82, 2.24) is 15.6 Å². The van der Waals surface area contributed by atoms with Gasteiger partial charge in [0.1, 0.15) is 0 Å². The average Bonchev–Trinajstić information content (AvgIpc) is 2.88. The van der Waals surface area contributed by atoms with Crippen LogP contribution in [0.5, 0.6) is 0 Å². The normalized spacial score (nSPS) is 12.5. The first-order valence-corrected chi connectivity index (χ1v) is 9.00. The number of nitrogens with one attached hydrogen (secondary N) is 2. The third-order valence-corrected chi connectivity index (χ3v) is 4.32. The number of aliphatic imine (C=N–C) groups is 1. The summed E-state index contributed by atoms with van der Waals surface area (Å²) >= 11 is 1.66. The zero-order valence-electron chi connectivity index (χ0n) is 14.3. The Morgan fingerprint density at radius 2 is 1.95 bits per heavy atom. The van der Waals surface area contributed by atoms with E-state index in [0.29, 0.717) is 13.1 Å². The van der Waals surface area contributed by atoms with Gasteiger partial charge >= 0.3 is 0 Å². The van der Waals surface area contributed by atoms with Crippen molar-refractivity contribution in [3.05, 3.63) is 16.1 Å². The molecule has 126 valence electrons. The lowest BCUT2D eigenvalue weighted by Gasteiger charge is -2.28. The molecule has 22 heavy (non-hydrogen) atoms. The third-order valence-electron chi connectivity index (χ3n) is 3.42. The van der Waals surface area contributed by atoms with Crippen LogP contribution in [0.1, 0.15) is 56.3 Å². The molecule has 1 heterocycles. The Morgan fingerprint density at radius 3 is 2.45 bits per heavy atom. The molecule has 0 fully saturated rings. The van der Waals surface area contributed by atoms with Gasteiger partial charge < -0.3 is 15.7 Å². The largest absolute Gasteiger partial charge is 0.388 e. The number of aryl methyl sites for hydroxylation is 1. The number of guanidine groups is 1. The van der Waals surface area contributed by atoms with Gasteiger partial charge in [0.15, 0.2) is 5.96 Å². The van der Waals surface area contributed by atoms with Gasteiger partial charge in [0.25, 0.3) is 0 Å². The molecule has 0 spiro atoms. The minimum absolute atomic E-state index is 0.530. The molecule has 1 rings (SSSR count). The molecule has 0 radical (unpaired) electrons. The summed E-state index contributed by atoms with van der Waals surface area (Å²) in [5.41, 5.74) is -0.652. The minimum atomic E-state index is -0.652. The number of aliphatic hydroxyl groups is 1. The highest BCUT2D eigenvalue weighted by molar-refractivity contribution is 7.11. The van der Waals surface area contributed by atoms with Crippen molar-refractivity contribution in [1.29, 1.82) is 0 Å². The molecule has 1 aromatic rings. The van der Waals surface area contributed by atoms with E-state index in [0.717, 1.165) is 48.1 Å². The van der Waals surface area contributed by atoms with Gasteiger partial charge in [-0.1, -0.05) is 26.7 Å². The van der Waals surface area contributed by atoms with Crippen LogP contribution in [0, 0.1) is 6.92 Å². The molecule has 0 bridgehead atoms. The molecule has 0 unspecified atom stereocenters. The SMILES string of the molecule is CCCC(O)(CCC)CNC(=NCc1cnc(C)s1)NCC. The van der Waals surface area contributed by atoms with Crippen LogP contribution in [-0.2, 0) is 6.54 Å². The molecule has 0 atom stereocenters. The summed E-state index contributed by atoms with van der Waals surface area (Å²) in [5.74, 6) is 0.749. The fraction of sp³-hybridized carbons (Fsp3) is 0.750. The number of hydrogen-bond donors (Lipinski definition) is 3. The number of aromatic nitrogens is 1. The topological polar surface area (TPSA) is 69.5 Å². The van der Waals surface area contributed by atoms with Gasteiger partial charge in [0.2, 0.25) is 0 Å². The molecule has 6 heteroatoms. The molecular weight excluding hydrogens is 296 g/mol. The highest BCUT2D eigenvalue weighted by atomic mass is 32.1. The van der Waals surface area contributed by atoms with Gasteiger partial charge in [-0.05, 0) is 26.7 Å². The quantitative estimate of drug-likeness (QED) is 0.482. The number of thiazole rings is 1. The van der Waals surface area contributed by atoms with Crippen molar-refractivity contribution in [3.8, 4) is 0 Å². The van der Waals surface area contributed by atoms with E-state index < -0.39 is 5.60 Å². The summed E-state index contributed by atoms with van der Waals surface area (Å²) in [6, 6.07) is 0. The molecular formula is C16H30N4OS. The summed E-state index contributed by atoms with van der Waals surface area (Å²) in [5, 5.41) is 18.2. The summed E-state index contributed by atoms with van der Waals surface area (Å²) in [6.07, 6.45) is 5.44. The molecule has 5 nitrogen and oxygen atoms in total. The number of rotatable bonds is 9. The highest BCUT2D eigenvalue weighted by Crippen LogP contribution is 2.18. The van der Waals surface area contributed by atoms with E-state index >= 15 is 0 Å². The second kappa shape index (κ2) is 9.79. The monoisotopic (exact) mass is 326 g/mol. The average molecular weight is 327 g/mol. The van der Waals surface area contributed by atoms with E-state index in [9.17, 15) is 5.11 Å². The fourth-order valence-electron chi connectivity index (χ4n) is 2.46. The predicted octanol–water partition coefficient (Wildman–Crippen LogP) is 2.84. The molecule has 0 aliphatic rings. The van der Waals surface area contributed by atoms with Crippen molar-refractivity contribution in [2.45, 2.75) is 65.5 Å². The number of hydrogen-bond acceptors (Lipinski definition) is 4. The Labute approximate surface area is 138 Å². The van der Waals surface area contributed by atoms with Crippen molar-refractivity contribution in [2.75, 3.05) is 13.1 Å². The van der Waals surface area contributed by atoms with Crippen LogP contribution in [0.15, 0.2) is 11.2 Å². The van der Waals surface area contributed by atoms with Crippen LogP contribution < -0.4 is 10.6 Å². The molecule has 0 amide bonds. The fourth-order valence-corrected chi connectivity index (χ4v) is 3.18. The zero-order valence-corrected chi connectivity index (χ0v) is 15.1. The Kier molecular flexibility index (Phi) is 8.42. The van der Waals surface area contributed by atoms with E-state index in [1.54, 1.807) is 11.3 Å². The summed E-state index contributed by atoms with van der Waals surface area (Å²) in [4.78, 5) is 9.96. The molecule has 0 saturated carbocycles. The predicted molar refractivity (Wildman–Crippen MR) is 94.4 cm³/mol. The Morgan fingerprint density at radius 1 is 1.27 bits per heavy atom. The Bertz CT molecular complexity index is 453. The maximum Gasteiger partial charge on any atom is 0.191 e. The van der Waals surface area contributed by atoms with E-state index in [4.69, 9.17) is 0 Å². The Hall–Kier alpha value is -1.14. The standard InChI is InChI=1S/C16H30N4OS/c1-5-8-16(21,9-6-2)12-20-15(17-7-3)19-11-14-10-18-13(4)22-14/h10,21H,5-9,11-12H2,1-4H3,(H2,17,19,20). The van der Waals surface area contributed by atoms with E-state index in [-0.39, 0.29) is 0 Å². The maximum atomic E-state index is 10.7. The van der Waals surface area contributed by atoms with Gasteiger partial charge in [-0.25, -0.2) is 9.98 Å². The second-order valence-corrected chi connectivity index (χ2v) is 6.94. The molecule has 3 N–H and O–H groups in total. The zero-order chi connectivity index (χ0) is 16.4. The molecule has 0 aromatic carbocycles. The van der Waals surface area contributed by atoms with Gasteiger partial charge in [-0.2, -0.15) is 0 Å². The van der Waals surface area contributed by atoms with Crippen molar-refractivity contribution in [3.63, 3.8) is 0 Å². The Balaban J connectivity index is 2.62. The van der Waals surface area contributed by atoms with Crippen LogP contribution in [-0.4, -0.2) is 34.7 Å². The van der Waals surface area contributed by atoms with Crippen molar-refractivity contribution < 1.29 is 5.11 Å². The van der Waals surface area contributed by atoms with Gasteiger partial charge in [-0.15, -0.1) is 11.3 Å². The molecule has 0 saturated heterocycles. The van der Waals surface area contributed by atoms with Gasteiger partial charge in [0, 0.05) is 24.2 Å². The van der Waals surface area contributed by atoms with Gasteiger partial charge in [0.05, 0.1) is 17.2 Å². The second-order valence-electron chi connectivity index (χ2n) is 5.62. The summed E-state index contributed by atoms with van der Waals surface area (Å²) in [7, 11) is 0. The van der Waals surface area contributed by atoms with Crippen LogP contribution in [0.3, 0.4) is 0 Å². The number of nitrogens with zero attached hydrogens (tertiary/aromatic N) is 2. The van der Waals surface area contributed by atoms with E-state index in [1.165, 1.54) is 0 Å². The van der Waals surface area contributed by atoms with Crippen LogP contribution in [0.2, 0.25) is 0 Å². The van der Waals surface area contributed by atoms with Crippen LogP contribution in [0.25, 0.3) is 0 Å². The van der Waals surface area contributed by atoms with Crippen LogP contribution in [0.4, 0.5) is 0 Å². The van der Waals surface area contributed by atoms with Crippen LogP contribution >= 0.6 is 11.3 Å². The maximum absolute atomic E-state index is 10.7. The minimum Gasteiger partial charge on any atom is -0.388 e. The lowest BCUT2D eigenvalue weighted by atomic mass is 9.93. The lowest BCUT2D eigenvalue weighted by molar-refractivity contribution is 0.0257. The van der Waals surface area contributed by atoms with E-state index in [2.05, 4.69) is 34.5 Å². The molecule has 0 aliphatic heterocycles. The highest BCUT2D eigenvalue weighted by Gasteiger charge is 2.24. The van der Waals surface area contributed by atoms with Crippen molar-refractivity contribution >= 4 is 17.3 Å². The van der Waals surface area contributed by atoms with Gasteiger partial charge in [-0.3, -0.25) is 0 Å². The smallest absolute Gasteiger partial charge is 0.191 e.